The number of H-pyrrole nitrogens is 1. The maximum atomic E-state index is 12.8. The van der Waals surface area contributed by atoms with Gasteiger partial charge in [0.2, 0.25) is 0 Å². The predicted molar refractivity (Wildman–Crippen MR) is 101 cm³/mol. The summed E-state index contributed by atoms with van der Waals surface area (Å²) in [6, 6.07) is 9.92. The van der Waals surface area contributed by atoms with Crippen molar-refractivity contribution in [1.29, 1.82) is 0 Å². The summed E-state index contributed by atoms with van der Waals surface area (Å²) in [4.78, 5) is 14.7. The van der Waals surface area contributed by atoms with Crippen molar-refractivity contribution in [2.24, 2.45) is 11.1 Å². The molecule has 0 radical (unpaired) electrons. The quantitative estimate of drug-likeness (QED) is 0.791. The van der Waals surface area contributed by atoms with Crippen molar-refractivity contribution in [2.45, 2.75) is 26.3 Å². The second-order valence-corrected chi connectivity index (χ2v) is 7.53. The van der Waals surface area contributed by atoms with E-state index in [1.54, 1.807) is 0 Å². The number of amides is 1. The molecule has 1 fully saturated rings. The van der Waals surface area contributed by atoms with Gasteiger partial charge in [-0.3, -0.25) is 9.89 Å². The monoisotopic (exact) mass is 412 g/mol. The number of piperidine rings is 1. The number of benzene rings is 1. The van der Waals surface area contributed by atoms with E-state index in [2.05, 4.69) is 40.0 Å². The number of likely N-dealkylation sites (tertiary alicyclic amines) is 1. The molecule has 0 aliphatic carbocycles. The summed E-state index contributed by atoms with van der Waals surface area (Å²) >= 11 is 3.53. The van der Waals surface area contributed by atoms with Gasteiger partial charge in [-0.2, -0.15) is 5.10 Å². The van der Waals surface area contributed by atoms with Gasteiger partial charge >= 0.3 is 0 Å². The highest BCUT2D eigenvalue weighted by Gasteiger charge is 2.36. The molecule has 1 saturated heterocycles. The molecule has 1 amide bonds. The minimum Gasteiger partial charge on any atom is -0.337 e. The van der Waals surface area contributed by atoms with Crippen molar-refractivity contribution >= 4 is 34.2 Å². The summed E-state index contributed by atoms with van der Waals surface area (Å²) in [5, 5.41) is 7.20. The zero-order chi connectivity index (χ0) is 16.6. The topological polar surface area (TPSA) is 75.0 Å². The van der Waals surface area contributed by atoms with Gasteiger partial charge in [0, 0.05) is 24.7 Å². The summed E-state index contributed by atoms with van der Waals surface area (Å²) in [5.74, 6) is -0.0356. The molecule has 1 aliphatic rings. The van der Waals surface area contributed by atoms with E-state index in [9.17, 15) is 4.79 Å². The molecule has 24 heavy (non-hydrogen) atoms. The van der Waals surface area contributed by atoms with E-state index in [4.69, 9.17) is 5.73 Å². The molecule has 1 aliphatic heterocycles. The van der Waals surface area contributed by atoms with E-state index in [-0.39, 0.29) is 29.8 Å². The molecule has 2 aromatic rings. The van der Waals surface area contributed by atoms with Gasteiger partial charge in [0.1, 0.15) is 11.4 Å². The zero-order valence-corrected chi connectivity index (χ0v) is 16.2. The number of aromatic nitrogens is 2. The number of rotatable bonds is 2. The van der Waals surface area contributed by atoms with Gasteiger partial charge in [-0.05, 0) is 27.8 Å². The van der Waals surface area contributed by atoms with Gasteiger partial charge in [-0.25, -0.2) is 0 Å². The Morgan fingerprint density at radius 1 is 1.38 bits per heavy atom. The second-order valence-electron chi connectivity index (χ2n) is 6.74. The van der Waals surface area contributed by atoms with Gasteiger partial charge in [0.05, 0.1) is 4.47 Å². The van der Waals surface area contributed by atoms with Gasteiger partial charge in [0.15, 0.2) is 0 Å². The number of aromatic amines is 1. The number of nitrogens with one attached hydrogen (secondary N) is 1. The van der Waals surface area contributed by atoms with E-state index >= 15 is 0 Å². The van der Waals surface area contributed by atoms with E-state index in [1.165, 1.54) is 0 Å². The summed E-state index contributed by atoms with van der Waals surface area (Å²) in [6.45, 7) is 5.54. The molecule has 5 nitrogen and oxygen atoms in total. The zero-order valence-electron chi connectivity index (χ0n) is 13.8. The molecule has 1 aromatic carbocycles. The fourth-order valence-electron chi connectivity index (χ4n) is 2.96. The lowest BCUT2D eigenvalue weighted by Gasteiger charge is -2.42. The fourth-order valence-corrected chi connectivity index (χ4v) is 3.54. The average Bonchev–Trinajstić information content (AvgIpc) is 2.91. The Morgan fingerprint density at radius 3 is 2.67 bits per heavy atom. The van der Waals surface area contributed by atoms with Crippen LogP contribution in [0.1, 0.15) is 30.8 Å². The van der Waals surface area contributed by atoms with Crippen LogP contribution in [0.2, 0.25) is 0 Å². The van der Waals surface area contributed by atoms with Crippen LogP contribution < -0.4 is 5.73 Å². The number of halogens is 2. The van der Waals surface area contributed by atoms with Crippen molar-refractivity contribution < 1.29 is 4.79 Å². The van der Waals surface area contributed by atoms with Crippen LogP contribution in [0.15, 0.2) is 34.8 Å². The van der Waals surface area contributed by atoms with Crippen molar-refractivity contribution in [3.8, 4) is 11.3 Å². The number of nitrogens with zero attached hydrogens (tertiary/aromatic N) is 2. The van der Waals surface area contributed by atoms with Gasteiger partial charge in [0.25, 0.3) is 5.91 Å². The number of nitrogens with two attached hydrogens (primary N) is 1. The Hall–Kier alpha value is -1.37. The lowest BCUT2D eigenvalue weighted by Crippen LogP contribution is -2.54. The molecule has 3 N–H and O–H groups in total. The predicted octanol–water partition coefficient (Wildman–Crippen LogP) is 3.46. The molecule has 2 heterocycles. The van der Waals surface area contributed by atoms with Crippen LogP contribution >= 0.6 is 28.3 Å². The summed E-state index contributed by atoms with van der Waals surface area (Å²) in [5.41, 5.74) is 8.29. The molecule has 0 bridgehead atoms. The SMILES string of the molecule is CC1(C)CN(C(=O)c2[nH]nc(-c3ccccc3)c2Br)CCC1N.Cl. The Balaban J connectivity index is 0.00000208. The lowest BCUT2D eigenvalue weighted by molar-refractivity contribution is 0.0526. The Labute approximate surface area is 156 Å². The van der Waals surface area contributed by atoms with Crippen LogP contribution in [-0.2, 0) is 0 Å². The number of hydrogen-bond donors (Lipinski definition) is 2. The average molecular weight is 414 g/mol. The Kier molecular flexibility index (Phi) is 5.73. The van der Waals surface area contributed by atoms with Crippen LogP contribution in [0.5, 0.6) is 0 Å². The fraction of sp³-hybridized carbons (Fsp3) is 0.412. The van der Waals surface area contributed by atoms with Gasteiger partial charge in [-0.1, -0.05) is 44.2 Å². The standard InChI is InChI=1S/C17H21BrN4O.ClH/c1-17(2)10-22(9-8-12(17)19)16(23)15-13(18)14(20-21-15)11-6-4-3-5-7-11;/h3-7,12H,8-10,19H2,1-2H3,(H,20,21);1H. The van der Waals surface area contributed by atoms with Crippen LogP contribution in [0.4, 0.5) is 0 Å². The third-order valence-electron chi connectivity index (χ3n) is 4.57. The molecule has 1 unspecified atom stereocenters. The van der Waals surface area contributed by atoms with E-state index in [0.717, 1.165) is 17.7 Å². The third-order valence-corrected chi connectivity index (χ3v) is 5.34. The van der Waals surface area contributed by atoms with Crippen LogP contribution in [0.3, 0.4) is 0 Å². The highest BCUT2D eigenvalue weighted by atomic mass is 79.9. The van der Waals surface area contributed by atoms with Gasteiger partial charge in [-0.15, -0.1) is 12.4 Å². The molecular formula is C17H22BrClN4O. The van der Waals surface area contributed by atoms with Crippen molar-refractivity contribution in [2.75, 3.05) is 13.1 Å². The molecule has 130 valence electrons. The first kappa shape index (κ1) is 19.0. The summed E-state index contributed by atoms with van der Waals surface area (Å²) < 4.78 is 0.710. The maximum absolute atomic E-state index is 12.8. The van der Waals surface area contributed by atoms with E-state index in [0.29, 0.717) is 23.3 Å². The van der Waals surface area contributed by atoms with Crippen LogP contribution in [0, 0.1) is 5.41 Å². The minimum absolute atomic E-state index is 0. The number of hydrogen-bond acceptors (Lipinski definition) is 3. The molecule has 3 rings (SSSR count). The molecule has 0 spiro atoms. The van der Waals surface area contributed by atoms with Crippen LogP contribution in [0.25, 0.3) is 11.3 Å². The van der Waals surface area contributed by atoms with E-state index < -0.39 is 0 Å². The first-order chi connectivity index (χ1) is 10.9. The Morgan fingerprint density at radius 2 is 2.04 bits per heavy atom. The molecular weight excluding hydrogens is 392 g/mol. The molecule has 1 aromatic heterocycles. The first-order valence-corrected chi connectivity index (χ1v) is 8.53. The largest absolute Gasteiger partial charge is 0.337 e. The first-order valence-electron chi connectivity index (χ1n) is 7.74. The van der Waals surface area contributed by atoms with Crippen molar-refractivity contribution in [1.82, 2.24) is 15.1 Å². The molecule has 1 atom stereocenters. The van der Waals surface area contributed by atoms with Gasteiger partial charge < -0.3 is 10.6 Å². The minimum atomic E-state index is -0.0807. The Bertz CT molecular complexity index is 717. The normalized spacial score (nSPS) is 19.7. The smallest absolute Gasteiger partial charge is 0.273 e. The third kappa shape index (κ3) is 3.50. The summed E-state index contributed by atoms with van der Waals surface area (Å²) in [6.07, 6.45) is 0.816. The summed E-state index contributed by atoms with van der Waals surface area (Å²) in [7, 11) is 0. The van der Waals surface area contributed by atoms with Crippen molar-refractivity contribution in [3.63, 3.8) is 0 Å². The lowest BCUT2D eigenvalue weighted by atomic mass is 9.79. The number of carbonyl (C=O) groups excluding carboxylic acids is 1. The number of carbonyl (C=O) groups is 1. The second kappa shape index (κ2) is 7.25. The maximum Gasteiger partial charge on any atom is 0.273 e. The molecule has 0 saturated carbocycles. The highest BCUT2D eigenvalue weighted by Crippen LogP contribution is 2.32. The van der Waals surface area contributed by atoms with Crippen molar-refractivity contribution in [3.05, 3.63) is 40.5 Å². The van der Waals surface area contributed by atoms with E-state index in [1.807, 2.05) is 35.2 Å². The van der Waals surface area contributed by atoms with Crippen LogP contribution in [-0.4, -0.2) is 40.1 Å². The molecule has 7 heteroatoms. The highest BCUT2D eigenvalue weighted by molar-refractivity contribution is 9.10.